The lowest BCUT2D eigenvalue weighted by Gasteiger charge is -2.10. The van der Waals surface area contributed by atoms with E-state index < -0.39 is 0 Å². The summed E-state index contributed by atoms with van der Waals surface area (Å²) in [6, 6.07) is 13.7. The van der Waals surface area contributed by atoms with E-state index in [0.717, 1.165) is 23.9 Å². The lowest BCUT2D eigenvalue weighted by Crippen LogP contribution is -2.23. The smallest absolute Gasteiger partial charge is 0.278 e. The van der Waals surface area contributed by atoms with Gasteiger partial charge >= 0.3 is 0 Å². The van der Waals surface area contributed by atoms with Crippen molar-refractivity contribution in [3.05, 3.63) is 59.0 Å². The van der Waals surface area contributed by atoms with Crippen molar-refractivity contribution in [2.45, 2.75) is 18.9 Å². The Morgan fingerprint density at radius 2 is 1.85 bits per heavy atom. The molecule has 0 atom stereocenters. The largest absolute Gasteiger partial charge is 0.286 e. The molecule has 0 radical (unpaired) electrons. The van der Waals surface area contributed by atoms with Gasteiger partial charge in [0.15, 0.2) is 5.65 Å². The lowest BCUT2D eigenvalue weighted by molar-refractivity contribution is 0.726. The van der Waals surface area contributed by atoms with E-state index in [4.69, 9.17) is 0 Å². The molecule has 3 aromatic rings. The normalized spacial score (nSPS) is 14.6. The molecule has 0 unspecified atom stereocenters. The Balaban J connectivity index is 2.08. The molecular formula is C16H13N3O. The van der Waals surface area contributed by atoms with Crippen molar-refractivity contribution in [2.24, 2.45) is 0 Å². The van der Waals surface area contributed by atoms with E-state index in [2.05, 4.69) is 9.97 Å². The summed E-state index contributed by atoms with van der Waals surface area (Å²) in [5.74, 6) is 0. The zero-order chi connectivity index (χ0) is 13.5. The predicted molar refractivity (Wildman–Crippen MR) is 77.5 cm³/mol. The summed E-state index contributed by atoms with van der Waals surface area (Å²) in [6.45, 7) is 0. The van der Waals surface area contributed by atoms with E-state index >= 15 is 0 Å². The summed E-state index contributed by atoms with van der Waals surface area (Å²) in [5.41, 5.74) is 2.80. The highest BCUT2D eigenvalue weighted by Crippen LogP contribution is 2.35. The third-order valence-corrected chi connectivity index (χ3v) is 3.61. The quantitative estimate of drug-likeness (QED) is 0.714. The number of fused-ring (bicyclic) bond motifs is 1. The lowest BCUT2D eigenvalue weighted by atomic mass is 10.1. The van der Waals surface area contributed by atoms with Gasteiger partial charge < -0.3 is 0 Å². The fraction of sp³-hybridized carbons (Fsp3) is 0.188. The van der Waals surface area contributed by atoms with Crippen LogP contribution in [0.5, 0.6) is 0 Å². The molecule has 20 heavy (non-hydrogen) atoms. The third kappa shape index (κ3) is 1.72. The zero-order valence-electron chi connectivity index (χ0n) is 10.9. The Bertz CT molecular complexity index is 835. The standard InChI is InChI=1S/C16H13N3O/c20-16-14(11-5-2-1-3-6-11)18-13-7-4-10-17-15(13)19(16)12-8-9-12/h1-7,10,12H,8-9H2. The van der Waals surface area contributed by atoms with Crippen LogP contribution in [0, 0.1) is 0 Å². The van der Waals surface area contributed by atoms with E-state index in [1.165, 1.54) is 0 Å². The Morgan fingerprint density at radius 3 is 2.60 bits per heavy atom. The zero-order valence-corrected chi connectivity index (χ0v) is 10.9. The maximum absolute atomic E-state index is 12.7. The molecule has 1 aromatic carbocycles. The Kier molecular flexibility index (Phi) is 2.42. The summed E-state index contributed by atoms with van der Waals surface area (Å²) >= 11 is 0. The molecule has 0 saturated heterocycles. The molecule has 0 bridgehead atoms. The van der Waals surface area contributed by atoms with Crippen molar-refractivity contribution >= 4 is 11.2 Å². The molecule has 1 fully saturated rings. The van der Waals surface area contributed by atoms with Gasteiger partial charge in [0, 0.05) is 17.8 Å². The van der Waals surface area contributed by atoms with Crippen LogP contribution in [0.3, 0.4) is 0 Å². The summed E-state index contributed by atoms with van der Waals surface area (Å²) in [5, 5.41) is 0. The molecule has 0 aliphatic heterocycles. The van der Waals surface area contributed by atoms with Crippen molar-refractivity contribution in [2.75, 3.05) is 0 Å². The van der Waals surface area contributed by atoms with Crippen LogP contribution in [0.4, 0.5) is 0 Å². The summed E-state index contributed by atoms with van der Waals surface area (Å²) in [6.07, 6.45) is 3.80. The second kappa shape index (κ2) is 4.27. The van der Waals surface area contributed by atoms with Crippen LogP contribution in [0.1, 0.15) is 18.9 Å². The van der Waals surface area contributed by atoms with E-state index in [9.17, 15) is 4.79 Å². The fourth-order valence-corrected chi connectivity index (χ4v) is 2.50. The van der Waals surface area contributed by atoms with E-state index in [1.807, 2.05) is 47.0 Å². The molecule has 0 spiro atoms. The number of benzene rings is 1. The van der Waals surface area contributed by atoms with Gasteiger partial charge in [-0.25, -0.2) is 9.97 Å². The van der Waals surface area contributed by atoms with Gasteiger partial charge in [-0.3, -0.25) is 9.36 Å². The molecule has 4 rings (SSSR count). The summed E-state index contributed by atoms with van der Waals surface area (Å²) in [4.78, 5) is 21.6. The Morgan fingerprint density at radius 1 is 1.05 bits per heavy atom. The van der Waals surface area contributed by atoms with Gasteiger partial charge in [0.05, 0.1) is 0 Å². The van der Waals surface area contributed by atoms with Crippen molar-refractivity contribution in [1.29, 1.82) is 0 Å². The van der Waals surface area contributed by atoms with Gasteiger partial charge in [-0.05, 0) is 25.0 Å². The second-order valence-electron chi connectivity index (χ2n) is 5.08. The maximum Gasteiger partial charge on any atom is 0.278 e. The van der Waals surface area contributed by atoms with Crippen LogP contribution in [-0.2, 0) is 0 Å². The van der Waals surface area contributed by atoms with Gasteiger partial charge in [0.2, 0.25) is 0 Å². The monoisotopic (exact) mass is 263 g/mol. The van der Waals surface area contributed by atoms with E-state index in [1.54, 1.807) is 6.20 Å². The highest BCUT2D eigenvalue weighted by atomic mass is 16.1. The number of hydrogen-bond acceptors (Lipinski definition) is 3. The SMILES string of the molecule is O=c1c(-c2ccccc2)nc2cccnc2n1C1CC1. The predicted octanol–water partition coefficient (Wildman–Crippen LogP) is 2.79. The molecule has 98 valence electrons. The average Bonchev–Trinajstić information content (AvgIpc) is 3.32. The summed E-state index contributed by atoms with van der Waals surface area (Å²) in [7, 11) is 0. The molecule has 0 amide bonds. The first-order valence-corrected chi connectivity index (χ1v) is 6.77. The van der Waals surface area contributed by atoms with Gasteiger partial charge in [-0.2, -0.15) is 0 Å². The minimum atomic E-state index is -0.0371. The molecule has 4 nitrogen and oxygen atoms in total. The molecule has 1 aliphatic carbocycles. The Labute approximate surface area is 115 Å². The number of aromatic nitrogens is 3. The first kappa shape index (κ1) is 11.3. The summed E-state index contributed by atoms with van der Waals surface area (Å²) < 4.78 is 1.81. The van der Waals surface area contributed by atoms with Crippen LogP contribution in [0.15, 0.2) is 53.5 Å². The second-order valence-corrected chi connectivity index (χ2v) is 5.08. The minimum absolute atomic E-state index is 0.0371. The van der Waals surface area contributed by atoms with Crippen molar-refractivity contribution < 1.29 is 0 Å². The number of hydrogen-bond donors (Lipinski definition) is 0. The van der Waals surface area contributed by atoms with Crippen LogP contribution in [0.2, 0.25) is 0 Å². The molecule has 2 heterocycles. The number of nitrogens with zero attached hydrogens (tertiary/aromatic N) is 3. The van der Waals surface area contributed by atoms with Gasteiger partial charge in [0.1, 0.15) is 11.2 Å². The van der Waals surface area contributed by atoms with Crippen LogP contribution in [0.25, 0.3) is 22.4 Å². The van der Waals surface area contributed by atoms with Crippen molar-refractivity contribution in [3.63, 3.8) is 0 Å². The maximum atomic E-state index is 12.7. The third-order valence-electron chi connectivity index (χ3n) is 3.61. The van der Waals surface area contributed by atoms with Crippen LogP contribution < -0.4 is 5.56 Å². The Hall–Kier alpha value is -2.49. The van der Waals surface area contributed by atoms with Gasteiger partial charge in [-0.1, -0.05) is 30.3 Å². The number of rotatable bonds is 2. The van der Waals surface area contributed by atoms with Gasteiger partial charge in [-0.15, -0.1) is 0 Å². The highest BCUT2D eigenvalue weighted by Gasteiger charge is 2.28. The first-order valence-electron chi connectivity index (χ1n) is 6.77. The molecule has 2 aromatic heterocycles. The van der Waals surface area contributed by atoms with Crippen LogP contribution >= 0.6 is 0 Å². The van der Waals surface area contributed by atoms with Crippen molar-refractivity contribution in [1.82, 2.24) is 14.5 Å². The molecule has 1 saturated carbocycles. The van der Waals surface area contributed by atoms with Crippen LogP contribution in [-0.4, -0.2) is 14.5 Å². The van der Waals surface area contributed by atoms with E-state index in [-0.39, 0.29) is 11.6 Å². The molecule has 0 N–H and O–H groups in total. The molecule has 4 heteroatoms. The molecule has 1 aliphatic rings. The fourth-order valence-electron chi connectivity index (χ4n) is 2.50. The van der Waals surface area contributed by atoms with Gasteiger partial charge in [0.25, 0.3) is 5.56 Å². The average molecular weight is 263 g/mol. The molecular weight excluding hydrogens is 250 g/mol. The van der Waals surface area contributed by atoms with Crippen molar-refractivity contribution in [3.8, 4) is 11.3 Å². The topological polar surface area (TPSA) is 47.8 Å². The first-order chi connectivity index (χ1) is 9.84. The van der Waals surface area contributed by atoms with E-state index in [0.29, 0.717) is 11.3 Å². The minimum Gasteiger partial charge on any atom is -0.286 e. The highest BCUT2D eigenvalue weighted by molar-refractivity contribution is 5.74. The number of pyridine rings is 1.